The molecule has 1 unspecified atom stereocenters. The van der Waals surface area contributed by atoms with Crippen LogP contribution in [0, 0.1) is 12.8 Å². The van der Waals surface area contributed by atoms with Gasteiger partial charge in [0.25, 0.3) is 0 Å². The SMILES string of the molecule is CCC(CCCl)CNc1ncnc2c(C)csc12. The van der Waals surface area contributed by atoms with Gasteiger partial charge in [0.2, 0.25) is 0 Å². The third kappa shape index (κ3) is 2.93. The Morgan fingerprint density at radius 1 is 1.44 bits per heavy atom. The molecule has 2 heterocycles. The Morgan fingerprint density at radius 2 is 2.28 bits per heavy atom. The lowest BCUT2D eigenvalue weighted by atomic mass is 10.0. The minimum absolute atomic E-state index is 0.605. The highest BCUT2D eigenvalue weighted by molar-refractivity contribution is 7.18. The Labute approximate surface area is 117 Å². The van der Waals surface area contributed by atoms with Gasteiger partial charge in [0.05, 0.1) is 10.2 Å². The molecule has 2 aromatic heterocycles. The van der Waals surface area contributed by atoms with Crippen molar-refractivity contribution < 1.29 is 0 Å². The van der Waals surface area contributed by atoms with Crippen LogP contribution < -0.4 is 5.32 Å². The average molecular weight is 284 g/mol. The lowest BCUT2D eigenvalue weighted by Crippen LogP contribution is -2.15. The molecule has 0 aromatic carbocycles. The summed E-state index contributed by atoms with van der Waals surface area (Å²) in [7, 11) is 0. The molecule has 5 heteroatoms. The van der Waals surface area contributed by atoms with Gasteiger partial charge in [-0.2, -0.15) is 0 Å². The van der Waals surface area contributed by atoms with Gasteiger partial charge in [0, 0.05) is 12.4 Å². The van der Waals surface area contributed by atoms with Crippen LogP contribution in [0.25, 0.3) is 10.2 Å². The Balaban J connectivity index is 2.12. The van der Waals surface area contributed by atoms with Crippen molar-refractivity contribution in [1.82, 2.24) is 9.97 Å². The van der Waals surface area contributed by atoms with E-state index in [1.807, 2.05) is 0 Å². The zero-order valence-corrected chi connectivity index (χ0v) is 12.3. The van der Waals surface area contributed by atoms with Crippen molar-refractivity contribution in [2.24, 2.45) is 5.92 Å². The quantitative estimate of drug-likeness (QED) is 0.812. The summed E-state index contributed by atoms with van der Waals surface area (Å²) >= 11 is 7.50. The van der Waals surface area contributed by atoms with Crippen molar-refractivity contribution in [3.8, 4) is 0 Å². The van der Waals surface area contributed by atoms with E-state index in [1.54, 1.807) is 17.7 Å². The molecule has 0 bridgehead atoms. The van der Waals surface area contributed by atoms with E-state index in [4.69, 9.17) is 11.6 Å². The monoisotopic (exact) mass is 283 g/mol. The van der Waals surface area contributed by atoms with Gasteiger partial charge in [-0.05, 0) is 30.2 Å². The lowest BCUT2D eigenvalue weighted by Gasteiger charge is -2.14. The summed E-state index contributed by atoms with van der Waals surface area (Å²) in [6.45, 7) is 5.20. The highest BCUT2D eigenvalue weighted by atomic mass is 35.5. The largest absolute Gasteiger partial charge is 0.369 e. The maximum absolute atomic E-state index is 5.80. The molecule has 1 atom stereocenters. The van der Waals surface area contributed by atoms with Crippen LogP contribution in [-0.2, 0) is 0 Å². The second-order valence-electron chi connectivity index (χ2n) is 4.45. The Kier molecular flexibility index (Phi) is 4.78. The normalized spacial score (nSPS) is 12.8. The molecular weight excluding hydrogens is 266 g/mol. The smallest absolute Gasteiger partial charge is 0.147 e. The third-order valence-corrected chi connectivity index (χ3v) is 4.50. The number of aryl methyl sites for hydroxylation is 1. The fourth-order valence-corrected chi connectivity index (χ4v) is 3.22. The minimum atomic E-state index is 0.605. The van der Waals surface area contributed by atoms with E-state index in [2.05, 4.69) is 34.5 Å². The standard InChI is InChI=1S/C13H18ClN3S/c1-3-10(4-5-14)6-15-13-12-11(16-8-17-13)9(2)7-18-12/h7-8,10H,3-6H2,1-2H3,(H,15,16,17). The van der Waals surface area contributed by atoms with E-state index in [0.29, 0.717) is 5.92 Å². The zero-order chi connectivity index (χ0) is 13.0. The van der Waals surface area contributed by atoms with Crippen LogP contribution in [0.15, 0.2) is 11.7 Å². The van der Waals surface area contributed by atoms with Crippen molar-refractivity contribution in [1.29, 1.82) is 0 Å². The number of aromatic nitrogens is 2. The molecule has 3 nitrogen and oxygen atoms in total. The van der Waals surface area contributed by atoms with E-state index >= 15 is 0 Å². The molecular formula is C13H18ClN3S. The van der Waals surface area contributed by atoms with Crippen LogP contribution in [0.5, 0.6) is 0 Å². The summed E-state index contributed by atoms with van der Waals surface area (Å²) in [6.07, 6.45) is 3.81. The van der Waals surface area contributed by atoms with Gasteiger partial charge in [0.15, 0.2) is 0 Å². The first-order chi connectivity index (χ1) is 8.76. The topological polar surface area (TPSA) is 37.8 Å². The number of anilines is 1. The van der Waals surface area contributed by atoms with E-state index < -0.39 is 0 Å². The average Bonchev–Trinajstić information content (AvgIpc) is 2.77. The Morgan fingerprint density at radius 3 is 3.00 bits per heavy atom. The first kappa shape index (κ1) is 13.6. The van der Waals surface area contributed by atoms with Crippen molar-refractivity contribution in [2.45, 2.75) is 26.7 Å². The van der Waals surface area contributed by atoms with Crippen LogP contribution in [0.2, 0.25) is 0 Å². The molecule has 0 aliphatic rings. The van der Waals surface area contributed by atoms with Crippen molar-refractivity contribution in [3.63, 3.8) is 0 Å². The van der Waals surface area contributed by atoms with Gasteiger partial charge in [-0.15, -0.1) is 22.9 Å². The molecule has 0 spiro atoms. The summed E-state index contributed by atoms with van der Waals surface area (Å²) in [5.41, 5.74) is 2.27. The van der Waals surface area contributed by atoms with Crippen molar-refractivity contribution in [2.75, 3.05) is 17.7 Å². The molecule has 0 fully saturated rings. The van der Waals surface area contributed by atoms with E-state index in [9.17, 15) is 0 Å². The van der Waals surface area contributed by atoms with E-state index in [1.165, 1.54) is 5.56 Å². The van der Waals surface area contributed by atoms with Gasteiger partial charge in [-0.3, -0.25) is 0 Å². The van der Waals surface area contributed by atoms with Crippen LogP contribution in [-0.4, -0.2) is 22.4 Å². The molecule has 2 aromatic rings. The fraction of sp³-hybridized carbons (Fsp3) is 0.538. The number of fused-ring (bicyclic) bond motifs is 1. The van der Waals surface area contributed by atoms with Gasteiger partial charge < -0.3 is 5.32 Å². The fourth-order valence-electron chi connectivity index (χ4n) is 1.94. The van der Waals surface area contributed by atoms with Crippen LogP contribution in [0.1, 0.15) is 25.3 Å². The summed E-state index contributed by atoms with van der Waals surface area (Å²) in [6, 6.07) is 0. The molecule has 0 aliphatic carbocycles. The second kappa shape index (κ2) is 6.34. The van der Waals surface area contributed by atoms with Gasteiger partial charge in [-0.1, -0.05) is 13.3 Å². The summed E-state index contributed by atoms with van der Waals surface area (Å²) < 4.78 is 1.15. The maximum Gasteiger partial charge on any atom is 0.147 e. The van der Waals surface area contributed by atoms with Crippen molar-refractivity contribution >= 4 is 39.0 Å². The molecule has 18 heavy (non-hydrogen) atoms. The molecule has 0 aliphatic heterocycles. The number of halogens is 1. The first-order valence-corrected chi connectivity index (χ1v) is 7.66. The number of alkyl halides is 1. The highest BCUT2D eigenvalue weighted by Gasteiger charge is 2.10. The predicted molar refractivity (Wildman–Crippen MR) is 79.8 cm³/mol. The maximum atomic E-state index is 5.80. The number of thiophene rings is 1. The highest BCUT2D eigenvalue weighted by Crippen LogP contribution is 2.28. The Bertz CT molecular complexity index is 512. The predicted octanol–water partition coefficient (Wildman–Crippen LogP) is 4.07. The van der Waals surface area contributed by atoms with E-state index in [-0.39, 0.29) is 0 Å². The van der Waals surface area contributed by atoms with Crippen LogP contribution in [0.4, 0.5) is 5.82 Å². The molecule has 0 radical (unpaired) electrons. The number of nitrogens with one attached hydrogen (secondary N) is 1. The number of nitrogens with zero attached hydrogens (tertiary/aromatic N) is 2. The van der Waals surface area contributed by atoms with Gasteiger partial charge in [-0.25, -0.2) is 9.97 Å². The molecule has 1 N–H and O–H groups in total. The number of rotatable bonds is 6. The molecule has 2 rings (SSSR count). The van der Waals surface area contributed by atoms with Crippen molar-refractivity contribution in [3.05, 3.63) is 17.3 Å². The number of hydrogen-bond acceptors (Lipinski definition) is 4. The Hall–Kier alpha value is -0.870. The summed E-state index contributed by atoms with van der Waals surface area (Å²) in [5.74, 6) is 2.27. The zero-order valence-electron chi connectivity index (χ0n) is 10.7. The summed E-state index contributed by atoms with van der Waals surface area (Å²) in [4.78, 5) is 8.66. The molecule has 98 valence electrons. The minimum Gasteiger partial charge on any atom is -0.369 e. The van der Waals surface area contributed by atoms with E-state index in [0.717, 1.165) is 41.3 Å². The van der Waals surface area contributed by atoms with Crippen LogP contribution in [0.3, 0.4) is 0 Å². The molecule has 0 amide bonds. The molecule has 0 saturated heterocycles. The third-order valence-electron chi connectivity index (χ3n) is 3.18. The lowest BCUT2D eigenvalue weighted by molar-refractivity contribution is 0.521. The second-order valence-corrected chi connectivity index (χ2v) is 5.71. The number of hydrogen-bond donors (Lipinski definition) is 1. The van der Waals surface area contributed by atoms with Gasteiger partial charge >= 0.3 is 0 Å². The molecule has 0 saturated carbocycles. The first-order valence-electron chi connectivity index (χ1n) is 6.24. The summed E-state index contributed by atoms with van der Waals surface area (Å²) in [5, 5.41) is 5.56. The van der Waals surface area contributed by atoms with Crippen LogP contribution >= 0.6 is 22.9 Å². The van der Waals surface area contributed by atoms with Gasteiger partial charge in [0.1, 0.15) is 12.1 Å².